The Morgan fingerprint density at radius 1 is 1.50 bits per heavy atom. The fraction of sp³-hybridized carbons (Fsp3) is 0.286. The summed E-state index contributed by atoms with van der Waals surface area (Å²) in [7, 11) is 2.04. The van der Waals surface area contributed by atoms with Crippen molar-refractivity contribution >= 4 is 22.9 Å². The van der Waals surface area contributed by atoms with Crippen LogP contribution in [-0.2, 0) is 6.42 Å². The van der Waals surface area contributed by atoms with Gasteiger partial charge < -0.3 is 15.8 Å². The van der Waals surface area contributed by atoms with E-state index >= 15 is 0 Å². The summed E-state index contributed by atoms with van der Waals surface area (Å²) in [4.78, 5) is 7.73. The molecule has 3 N–H and O–H groups in total. The zero-order chi connectivity index (χ0) is 14.5. The average Bonchev–Trinajstić information content (AvgIpc) is 2.98. The highest BCUT2D eigenvalue weighted by atomic mass is 32.1. The molecule has 20 heavy (non-hydrogen) atoms. The van der Waals surface area contributed by atoms with Gasteiger partial charge in [0.15, 0.2) is 5.84 Å². The lowest BCUT2D eigenvalue weighted by Crippen LogP contribution is -2.30. The fourth-order valence-electron chi connectivity index (χ4n) is 1.91. The Kier molecular flexibility index (Phi) is 4.57. The number of oxime groups is 1. The van der Waals surface area contributed by atoms with Crippen molar-refractivity contribution < 1.29 is 5.21 Å². The van der Waals surface area contributed by atoms with Gasteiger partial charge in [0.25, 0.3) is 0 Å². The molecule has 0 radical (unpaired) electrons. The second-order valence-corrected chi connectivity index (χ2v) is 5.66. The lowest BCUT2D eigenvalue weighted by molar-refractivity contribution is 0.318. The second kappa shape index (κ2) is 6.38. The van der Waals surface area contributed by atoms with Crippen molar-refractivity contribution in [1.29, 1.82) is 0 Å². The number of likely N-dealkylation sites (N-methyl/N-ethyl adjacent to an activating group) is 1. The van der Waals surface area contributed by atoms with Crippen LogP contribution in [0.3, 0.4) is 0 Å². The van der Waals surface area contributed by atoms with Crippen molar-refractivity contribution in [2.24, 2.45) is 10.9 Å². The molecule has 2 aromatic rings. The smallest absolute Gasteiger partial charge is 0.188 e. The van der Waals surface area contributed by atoms with Gasteiger partial charge in [-0.2, -0.15) is 0 Å². The van der Waals surface area contributed by atoms with Crippen LogP contribution in [0.2, 0.25) is 0 Å². The Morgan fingerprint density at radius 2 is 2.30 bits per heavy atom. The number of amidine groups is 1. The van der Waals surface area contributed by atoms with Gasteiger partial charge in [0, 0.05) is 24.4 Å². The fourth-order valence-corrected chi connectivity index (χ4v) is 2.74. The third-order valence-corrected chi connectivity index (χ3v) is 4.16. The van der Waals surface area contributed by atoms with Crippen molar-refractivity contribution in [2.45, 2.75) is 19.4 Å². The largest absolute Gasteiger partial charge is 0.409 e. The molecule has 0 aliphatic rings. The van der Waals surface area contributed by atoms with Crippen LogP contribution in [0.15, 0.2) is 41.0 Å². The average molecular weight is 290 g/mol. The predicted octanol–water partition coefficient (Wildman–Crippen LogP) is 2.30. The zero-order valence-corrected chi connectivity index (χ0v) is 12.3. The van der Waals surface area contributed by atoms with Gasteiger partial charge in [-0.25, -0.2) is 0 Å². The van der Waals surface area contributed by atoms with Crippen molar-refractivity contribution in [2.75, 3.05) is 11.9 Å². The molecule has 1 unspecified atom stereocenters. The highest BCUT2D eigenvalue weighted by Crippen LogP contribution is 2.19. The maximum absolute atomic E-state index is 8.61. The van der Waals surface area contributed by atoms with E-state index in [0.717, 1.165) is 12.1 Å². The van der Waals surface area contributed by atoms with Crippen molar-refractivity contribution in [1.82, 2.24) is 4.98 Å². The third kappa shape index (κ3) is 3.27. The molecule has 2 aromatic heterocycles. The van der Waals surface area contributed by atoms with Gasteiger partial charge in [-0.1, -0.05) is 11.2 Å². The van der Waals surface area contributed by atoms with Gasteiger partial charge >= 0.3 is 0 Å². The molecule has 5 nitrogen and oxygen atoms in total. The lowest BCUT2D eigenvalue weighted by Gasteiger charge is -2.26. The predicted molar refractivity (Wildman–Crippen MR) is 82.6 cm³/mol. The lowest BCUT2D eigenvalue weighted by atomic mass is 10.1. The molecule has 1 atom stereocenters. The molecule has 0 bridgehead atoms. The first-order chi connectivity index (χ1) is 9.61. The number of pyridine rings is 1. The molecule has 0 aromatic carbocycles. The molecule has 2 heterocycles. The number of aromatic nitrogens is 1. The molecule has 0 spiro atoms. The van der Waals surface area contributed by atoms with Crippen molar-refractivity contribution in [3.05, 3.63) is 46.4 Å². The van der Waals surface area contributed by atoms with E-state index in [9.17, 15) is 0 Å². The molecular weight excluding hydrogens is 272 g/mol. The molecule has 106 valence electrons. The van der Waals surface area contributed by atoms with Crippen LogP contribution in [0.5, 0.6) is 0 Å². The standard InChI is InChI=1S/C14H18N4OS/c1-10(8-12-4-3-7-20-12)18(2)11-5-6-13(16-9-11)14(15)17-19/h3-7,9-10,19H,8H2,1-2H3,(H2,15,17). The summed E-state index contributed by atoms with van der Waals surface area (Å²) < 4.78 is 0. The van der Waals surface area contributed by atoms with E-state index in [-0.39, 0.29) is 5.84 Å². The minimum absolute atomic E-state index is 0.0193. The Hall–Kier alpha value is -2.08. The summed E-state index contributed by atoms with van der Waals surface area (Å²) in [6, 6.07) is 8.25. The number of hydrogen-bond donors (Lipinski definition) is 2. The Morgan fingerprint density at radius 3 is 2.85 bits per heavy atom. The van der Waals surface area contributed by atoms with Crippen LogP contribution < -0.4 is 10.6 Å². The first kappa shape index (κ1) is 14.3. The molecule has 0 amide bonds. The molecule has 0 saturated heterocycles. The maximum Gasteiger partial charge on any atom is 0.188 e. The van der Waals surface area contributed by atoms with E-state index < -0.39 is 0 Å². The van der Waals surface area contributed by atoms with Gasteiger partial charge in [-0.15, -0.1) is 11.3 Å². The Labute approximate surface area is 122 Å². The SMILES string of the molecule is CC(Cc1cccs1)N(C)c1ccc(/C(N)=N/O)nc1. The Bertz CT molecular complexity index is 565. The summed E-state index contributed by atoms with van der Waals surface area (Å²) >= 11 is 1.77. The molecule has 0 saturated carbocycles. The van der Waals surface area contributed by atoms with Gasteiger partial charge in [-0.3, -0.25) is 4.98 Å². The van der Waals surface area contributed by atoms with Gasteiger partial charge in [0.1, 0.15) is 5.69 Å². The Balaban J connectivity index is 2.06. The van der Waals surface area contributed by atoms with Crippen LogP contribution in [0, 0.1) is 0 Å². The third-order valence-electron chi connectivity index (χ3n) is 3.26. The summed E-state index contributed by atoms with van der Waals surface area (Å²) in [5.41, 5.74) is 6.97. The van der Waals surface area contributed by atoms with E-state index in [1.54, 1.807) is 23.6 Å². The molecule has 2 rings (SSSR count). The van der Waals surface area contributed by atoms with Gasteiger partial charge in [0.05, 0.1) is 11.9 Å². The van der Waals surface area contributed by atoms with Crippen molar-refractivity contribution in [3.63, 3.8) is 0 Å². The minimum atomic E-state index is 0.0193. The van der Waals surface area contributed by atoms with Crippen molar-refractivity contribution in [3.8, 4) is 0 Å². The van der Waals surface area contributed by atoms with Crippen LogP contribution >= 0.6 is 11.3 Å². The summed E-state index contributed by atoms with van der Waals surface area (Å²) in [5.74, 6) is 0.0193. The maximum atomic E-state index is 8.61. The number of nitrogens with zero attached hydrogens (tertiary/aromatic N) is 3. The van der Waals surface area contributed by atoms with E-state index in [0.29, 0.717) is 11.7 Å². The summed E-state index contributed by atoms with van der Waals surface area (Å²) in [5, 5.41) is 13.6. The van der Waals surface area contributed by atoms with Crippen LogP contribution in [0.1, 0.15) is 17.5 Å². The first-order valence-electron chi connectivity index (χ1n) is 6.31. The molecular formula is C14H18N4OS. The number of anilines is 1. The normalized spacial score (nSPS) is 13.2. The number of hydrogen-bond acceptors (Lipinski definition) is 5. The van der Waals surface area contributed by atoms with E-state index in [1.807, 2.05) is 13.1 Å². The topological polar surface area (TPSA) is 74.7 Å². The molecule has 0 aliphatic heterocycles. The van der Waals surface area contributed by atoms with Gasteiger partial charge in [-0.05, 0) is 30.5 Å². The monoisotopic (exact) mass is 290 g/mol. The van der Waals surface area contributed by atoms with Crippen LogP contribution in [0.25, 0.3) is 0 Å². The number of rotatable bonds is 5. The van der Waals surface area contributed by atoms with Crippen LogP contribution in [-0.4, -0.2) is 29.1 Å². The number of nitrogens with two attached hydrogens (primary N) is 1. The highest BCUT2D eigenvalue weighted by molar-refractivity contribution is 7.09. The summed E-state index contributed by atoms with van der Waals surface area (Å²) in [6.45, 7) is 2.18. The van der Waals surface area contributed by atoms with E-state index in [4.69, 9.17) is 10.9 Å². The number of thiophene rings is 1. The minimum Gasteiger partial charge on any atom is -0.409 e. The van der Waals surface area contributed by atoms with Crippen LogP contribution in [0.4, 0.5) is 5.69 Å². The second-order valence-electron chi connectivity index (χ2n) is 4.63. The highest BCUT2D eigenvalue weighted by Gasteiger charge is 2.12. The zero-order valence-electron chi connectivity index (χ0n) is 11.5. The molecule has 6 heteroatoms. The summed E-state index contributed by atoms with van der Waals surface area (Å²) in [6.07, 6.45) is 2.73. The van der Waals surface area contributed by atoms with E-state index in [1.165, 1.54) is 4.88 Å². The molecule has 0 aliphatic carbocycles. The van der Waals surface area contributed by atoms with E-state index in [2.05, 4.69) is 39.5 Å². The van der Waals surface area contributed by atoms with Gasteiger partial charge in [0.2, 0.25) is 0 Å². The molecule has 0 fully saturated rings. The quantitative estimate of drug-likeness (QED) is 0.383. The first-order valence-corrected chi connectivity index (χ1v) is 7.19.